The number of hydrogen-bond acceptors (Lipinski definition) is 2. The predicted octanol–water partition coefficient (Wildman–Crippen LogP) is 3.93. The van der Waals surface area contributed by atoms with E-state index in [9.17, 15) is 4.79 Å². The summed E-state index contributed by atoms with van der Waals surface area (Å²) < 4.78 is 0. The van der Waals surface area contributed by atoms with Crippen molar-refractivity contribution < 1.29 is 0 Å². The van der Waals surface area contributed by atoms with Gasteiger partial charge in [-0.05, 0) is 24.4 Å². The van der Waals surface area contributed by atoms with E-state index >= 15 is 0 Å². The second-order valence-electron chi connectivity index (χ2n) is 3.35. The Morgan fingerprint density at radius 3 is 2.22 bits per heavy atom. The maximum atomic E-state index is 11.6. The molecule has 0 aliphatic rings. The number of H-pyrrole nitrogens is 1. The summed E-state index contributed by atoms with van der Waals surface area (Å²) in [6.45, 7) is 10.0. The normalized spacial score (nSPS) is 8.78. The molecule has 2 aromatic rings. The Bertz CT molecular complexity index is 529. The quantitative estimate of drug-likeness (QED) is 0.803. The highest BCUT2D eigenvalue weighted by Gasteiger charge is 2.00. The van der Waals surface area contributed by atoms with E-state index in [1.807, 2.05) is 58.9 Å². The fourth-order valence-corrected chi connectivity index (χ4v) is 1.52. The first-order valence-corrected chi connectivity index (χ1v) is 6.52. The number of fused-ring (bicyclic) bond motifs is 1. The predicted molar refractivity (Wildman–Crippen MR) is 81.5 cm³/mol. The fourth-order valence-electron chi connectivity index (χ4n) is 1.52. The molecular weight excluding hydrogens is 224 g/mol. The van der Waals surface area contributed by atoms with Gasteiger partial charge in [-0.3, -0.25) is 4.79 Å². The van der Waals surface area contributed by atoms with Crippen LogP contribution in [0.15, 0.2) is 29.1 Å². The van der Waals surface area contributed by atoms with E-state index in [0.717, 1.165) is 22.2 Å². The number of rotatable bonds is 1. The highest BCUT2D eigenvalue weighted by molar-refractivity contribution is 5.84. The lowest BCUT2D eigenvalue weighted by Crippen LogP contribution is -2.08. The molecule has 1 aromatic carbocycles. The number of hydrogen-bond donors (Lipinski definition) is 2. The number of aromatic nitrogens is 1. The van der Waals surface area contributed by atoms with Gasteiger partial charge in [-0.2, -0.15) is 0 Å². The minimum absolute atomic E-state index is 0.0492. The SMILES string of the molecule is CC.CC.CNc1cc2cc(C)ccc2c(=O)[nH]1. The number of anilines is 1. The van der Waals surface area contributed by atoms with Gasteiger partial charge in [0.1, 0.15) is 5.82 Å². The molecule has 0 bridgehead atoms. The molecule has 0 aliphatic carbocycles. The first kappa shape index (κ1) is 16.2. The minimum Gasteiger partial charge on any atom is -0.375 e. The van der Waals surface area contributed by atoms with E-state index in [4.69, 9.17) is 0 Å². The highest BCUT2D eigenvalue weighted by Crippen LogP contribution is 2.14. The molecular formula is C15H24N2O. The number of aryl methyl sites for hydroxylation is 1. The average Bonchev–Trinajstić information content (AvgIpc) is 2.42. The van der Waals surface area contributed by atoms with Crippen molar-refractivity contribution in [2.75, 3.05) is 12.4 Å². The van der Waals surface area contributed by atoms with E-state index in [1.54, 1.807) is 7.05 Å². The highest BCUT2D eigenvalue weighted by atomic mass is 16.1. The Balaban J connectivity index is 0.000000659. The van der Waals surface area contributed by atoms with Crippen molar-refractivity contribution in [3.8, 4) is 0 Å². The standard InChI is InChI=1S/C11H12N2O.2C2H6/c1-7-3-4-9-8(5-7)6-10(12-2)13-11(9)14;2*1-2/h3-6H,1-2H3,(H2,12,13,14);2*1-2H3. The van der Waals surface area contributed by atoms with Crippen LogP contribution in [0.3, 0.4) is 0 Å². The van der Waals surface area contributed by atoms with Gasteiger partial charge in [0.15, 0.2) is 0 Å². The summed E-state index contributed by atoms with van der Waals surface area (Å²) in [5.74, 6) is 0.744. The summed E-state index contributed by atoms with van der Waals surface area (Å²) >= 11 is 0. The molecule has 0 aliphatic heterocycles. The van der Waals surface area contributed by atoms with Crippen LogP contribution in [0.2, 0.25) is 0 Å². The van der Waals surface area contributed by atoms with Crippen molar-refractivity contribution in [3.05, 3.63) is 40.2 Å². The zero-order valence-electron chi connectivity index (χ0n) is 12.2. The van der Waals surface area contributed by atoms with E-state index in [1.165, 1.54) is 0 Å². The van der Waals surface area contributed by atoms with Gasteiger partial charge in [0.2, 0.25) is 0 Å². The third kappa shape index (κ3) is 3.91. The van der Waals surface area contributed by atoms with E-state index in [2.05, 4.69) is 10.3 Å². The average molecular weight is 248 g/mol. The molecule has 3 heteroatoms. The van der Waals surface area contributed by atoms with E-state index in [-0.39, 0.29) is 5.56 Å². The van der Waals surface area contributed by atoms with Gasteiger partial charge in [-0.15, -0.1) is 0 Å². The lowest BCUT2D eigenvalue weighted by molar-refractivity contribution is 1.25. The molecule has 0 amide bonds. The second-order valence-corrected chi connectivity index (χ2v) is 3.35. The molecule has 3 nitrogen and oxygen atoms in total. The van der Waals surface area contributed by atoms with Crippen LogP contribution in [0.25, 0.3) is 10.8 Å². The van der Waals surface area contributed by atoms with Crippen LogP contribution < -0.4 is 10.9 Å². The van der Waals surface area contributed by atoms with Crippen molar-refractivity contribution in [1.82, 2.24) is 4.98 Å². The smallest absolute Gasteiger partial charge is 0.257 e. The number of nitrogens with one attached hydrogen (secondary N) is 2. The number of aromatic amines is 1. The first-order chi connectivity index (χ1) is 8.70. The zero-order chi connectivity index (χ0) is 14.1. The van der Waals surface area contributed by atoms with Crippen molar-refractivity contribution in [2.45, 2.75) is 34.6 Å². The van der Waals surface area contributed by atoms with Crippen LogP contribution in [-0.4, -0.2) is 12.0 Å². The van der Waals surface area contributed by atoms with Gasteiger partial charge in [0.05, 0.1) is 0 Å². The molecule has 0 radical (unpaired) electrons. The van der Waals surface area contributed by atoms with E-state index < -0.39 is 0 Å². The van der Waals surface area contributed by atoms with Crippen LogP contribution in [-0.2, 0) is 0 Å². The molecule has 0 spiro atoms. The van der Waals surface area contributed by atoms with Gasteiger partial charge in [0, 0.05) is 12.4 Å². The second kappa shape index (κ2) is 8.34. The monoisotopic (exact) mass is 248 g/mol. The maximum absolute atomic E-state index is 11.6. The summed E-state index contributed by atoms with van der Waals surface area (Å²) in [5.41, 5.74) is 1.11. The molecule has 0 fully saturated rings. The van der Waals surface area contributed by atoms with Crippen molar-refractivity contribution in [1.29, 1.82) is 0 Å². The molecule has 0 saturated carbocycles. The molecule has 1 heterocycles. The van der Waals surface area contributed by atoms with Crippen molar-refractivity contribution in [2.24, 2.45) is 0 Å². The fraction of sp³-hybridized carbons (Fsp3) is 0.400. The minimum atomic E-state index is -0.0492. The molecule has 0 saturated heterocycles. The van der Waals surface area contributed by atoms with Crippen LogP contribution in [0, 0.1) is 6.92 Å². The summed E-state index contributed by atoms with van der Waals surface area (Å²) in [6.07, 6.45) is 0. The third-order valence-electron chi connectivity index (χ3n) is 2.27. The lowest BCUT2D eigenvalue weighted by Gasteiger charge is -2.03. The Hall–Kier alpha value is -1.77. The Morgan fingerprint density at radius 1 is 1.06 bits per heavy atom. The largest absolute Gasteiger partial charge is 0.375 e. The Labute approximate surface area is 109 Å². The molecule has 2 rings (SSSR count). The molecule has 18 heavy (non-hydrogen) atoms. The topological polar surface area (TPSA) is 44.9 Å². The van der Waals surface area contributed by atoms with Gasteiger partial charge in [-0.1, -0.05) is 45.4 Å². The maximum Gasteiger partial charge on any atom is 0.257 e. The van der Waals surface area contributed by atoms with Gasteiger partial charge >= 0.3 is 0 Å². The zero-order valence-corrected chi connectivity index (χ0v) is 12.2. The third-order valence-corrected chi connectivity index (χ3v) is 2.27. The van der Waals surface area contributed by atoms with Crippen LogP contribution in [0.1, 0.15) is 33.3 Å². The van der Waals surface area contributed by atoms with Crippen molar-refractivity contribution in [3.63, 3.8) is 0 Å². The first-order valence-electron chi connectivity index (χ1n) is 6.52. The lowest BCUT2D eigenvalue weighted by atomic mass is 10.1. The van der Waals surface area contributed by atoms with Gasteiger partial charge in [-0.25, -0.2) is 0 Å². The van der Waals surface area contributed by atoms with Crippen molar-refractivity contribution >= 4 is 16.6 Å². The number of pyridine rings is 1. The van der Waals surface area contributed by atoms with Gasteiger partial charge in [0.25, 0.3) is 5.56 Å². The molecule has 0 unspecified atom stereocenters. The summed E-state index contributed by atoms with van der Waals surface area (Å²) in [5, 5.41) is 4.63. The van der Waals surface area contributed by atoms with Crippen LogP contribution >= 0.6 is 0 Å². The van der Waals surface area contributed by atoms with Gasteiger partial charge < -0.3 is 10.3 Å². The molecule has 0 atom stereocenters. The van der Waals surface area contributed by atoms with Crippen LogP contribution in [0.4, 0.5) is 5.82 Å². The molecule has 1 aromatic heterocycles. The van der Waals surface area contributed by atoms with E-state index in [0.29, 0.717) is 0 Å². The molecule has 2 N–H and O–H groups in total. The number of benzene rings is 1. The Kier molecular flexibility index (Phi) is 7.52. The summed E-state index contributed by atoms with van der Waals surface area (Å²) in [7, 11) is 1.78. The van der Waals surface area contributed by atoms with Crippen LogP contribution in [0.5, 0.6) is 0 Å². The summed E-state index contributed by atoms with van der Waals surface area (Å²) in [4.78, 5) is 14.3. The Morgan fingerprint density at radius 2 is 1.67 bits per heavy atom. The summed E-state index contributed by atoms with van der Waals surface area (Å²) in [6, 6.07) is 7.73. The molecule has 100 valence electrons.